The molecule has 0 atom stereocenters. The summed E-state index contributed by atoms with van der Waals surface area (Å²) >= 11 is 2.95. The maximum atomic E-state index is 4.46. The molecule has 0 unspecified atom stereocenters. The van der Waals surface area contributed by atoms with Gasteiger partial charge < -0.3 is 4.57 Å². The molecule has 0 amide bonds. The molecule has 0 spiro atoms. The van der Waals surface area contributed by atoms with Gasteiger partial charge >= 0.3 is 0 Å². The molecule has 1 aliphatic rings. The number of aromatic nitrogens is 5. The Morgan fingerprint density at radius 2 is 2.04 bits per heavy atom. The van der Waals surface area contributed by atoms with Crippen molar-refractivity contribution in [3.63, 3.8) is 0 Å². The Bertz CT molecular complexity index is 850. The molecule has 0 N–H and O–H groups in total. The summed E-state index contributed by atoms with van der Waals surface area (Å²) in [6, 6.07) is 6.31. The molecule has 1 fully saturated rings. The topological polar surface area (TPSA) is 59.7 Å². The van der Waals surface area contributed by atoms with Gasteiger partial charge in [-0.05, 0) is 49.7 Å². The van der Waals surface area contributed by atoms with E-state index in [1.807, 2.05) is 12.3 Å². The van der Waals surface area contributed by atoms with Crippen LogP contribution in [0.25, 0.3) is 11.0 Å². The third kappa shape index (κ3) is 3.56. The first-order chi connectivity index (χ1) is 12.2. The smallest absolute Gasteiger partial charge is 0.190 e. The number of hydrogen-bond acceptors (Lipinski definition) is 7. The van der Waals surface area contributed by atoms with Gasteiger partial charge in [0, 0.05) is 20.0 Å². The predicted octanol–water partition coefficient (Wildman–Crippen LogP) is 3.00. The van der Waals surface area contributed by atoms with Gasteiger partial charge in [0.15, 0.2) is 5.16 Å². The fraction of sp³-hybridized carbons (Fsp3) is 0.529. The molecule has 3 aromatic rings. The van der Waals surface area contributed by atoms with Crippen molar-refractivity contribution in [2.75, 3.05) is 19.3 Å². The highest BCUT2D eigenvalue weighted by Gasteiger charge is 2.22. The Kier molecular flexibility index (Phi) is 5.00. The molecule has 0 radical (unpaired) electrons. The molecule has 25 heavy (non-hydrogen) atoms. The number of nitrogens with zero attached hydrogens (tertiary/aromatic N) is 6. The van der Waals surface area contributed by atoms with Crippen LogP contribution in [-0.2, 0) is 20.0 Å². The maximum Gasteiger partial charge on any atom is 0.190 e. The Hall–Kier alpha value is -1.51. The zero-order chi connectivity index (χ0) is 17.2. The van der Waals surface area contributed by atoms with Gasteiger partial charge in [-0.15, -0.1) is 10.2 Å². The monoisotopic (exact) mass is 374 g/mol. The van der Waals surface area contributed by atoms with Crippen LogP contribution in [0, 0.1) is 5.92 Å². The summed E-state index contributed by atoms with van der Waals surface area (Å²) < 4.78 is 10.9. The van der Waals surface area contributed by atoms with Crippen LogP contribution in [0.1, 0.15) is 24.2 Å². The highest BCUT2D eigenvalue weighted by molar-refractivity contribution is 7.98. The molecule has 1 aliphatic heterocycles. The van der Waals surface area contributed by atoms with Gasteiger partial charge in [0.25, 0.3) is 0 Å². The summed E-state index contributed by atoms with van der Waals surface area (Å²) in [5.74, 6) is 1.81. The first kappa shape index (κ1) is 16.9. The van der Waals surface area contributed by atoms with Crippen molar-refractivity contribution < 1.29 is 0 Å². The number of likely N-dealkylation sites (tertiary alicyclic amines) is 1. The fourth-order valence-corrected chi connectivity index (χ4v) is 4.61. The number of piperidine rings is 1. The number of hydrogen-bond donors (Lipinski definition) is 0. The lowest BCUT2D eigenvalue weighted by atomic mass is 9.93. The minimum absolute atomic E-state index is 0.700. The van der Waals surface area contributed by atoms with E-state index in [0.29, 0.717) is 5.92 Å². The van der Waals surface area contributed by atoms with Crippen LogP contribution >= 0.6 is 23.5 Å². The van der Waals surface area contributed by atoms with Gasteiger partial charge in [-0.3, -0.25) is 4.90 Å². The largest absolute Gasteiger partial charge is 0.309 e. The molecule has 3 heterocycles. The molecular formula is C17H22N6S2. The molecule has 2 aromatic heterocycles. The second kappa shape index (κ2) is 7.39. The van der Waals surface area contributed by atoms with Crippen molar-refractivity contribution in [1.29, 1.82) is 0 Å². The Morgan fingerprint density at radius 3 is 2.80 bits per heavy atom. The average molecular weight is 375 g/mol. The minimum atomic E-state index is 0.700. The van der Waals surface area contributed by atoms with Crippen molar-refractivity contribution in [3.8, 4) is 0 Å². The third-order valence-corrected chi connectivity index (χ3v) is 6.31. The van der Waals surface area contributed by atoms with E-state index in [9.17, 15) is 0 Å². The third-order valence-electron chi connectivity index (χ3n) is 5.05. The Labute approximate surface area is 156 Å². The summed E-state index contributed by atoms with van der Waals surface area (Å²) in [7, 11) is 2.07. The van der Waals surface area contributed by atoms with Crippen molar-refractivity contribution in [1.82, 2.24) is 28.4 Å². The molecule has 0 bridgehead atoms. The van der Waals surface area contributed by atoms with E-state index in [-0.39, 0.29) is 0 Å². The van der Waals surface area contributed by atoms with Crippen LogP contribution < -0.4 is 0 Å². The lowest BCUT2D eigenvalue weighted by Crippen LogP contribution is -2.34. The zero-order valence-electron chi connectivity index (χ0n) is 14.6. The average Bonchev–Trinajstić information content (AvgIpc) is 3.24. The molecule has 1 saturated heterocycles. The van der Waals surface area contributed by atoms with Gasteiger partial charge in [0.05, 0.1) is 11.7 Å². The summed E-state index contributed by atoms with van der Waals surface area (Å²) in [4.78, 5) is 2.54. The molecule has 6 nitrogen and oxygen atoms in total. The van der Waals surface area contributed by atoms with Gasteiger partial charge in [-0.2, -0.15) is 8.75 Å². The molecule has 0 saturated carbocycles. The molecule has 1 aromatic carbocycles. The van der Waals surface area contributed by atoms with Crippen LogP contribution in [0.4, 0.5) is 0 Å². The highest BCUT2D eigenvalue weighted by atomic mass is 32.2. The van der Waals surface area contributed by atoms with E-state index in [1.165, 1.54) is 30.1 Å². The minimum Gasteiger partial charge on any atom is -0.309 e. The second-order valence-corrected chi connectivity index (χ2v) is 7.94. The van der Waals surface area contributed by atoms with Gasteiger partial charge in [-0.1, -0.05) is 23.9 Å². The van der Waals surface area contributed by atoms with Crippen molar-refractivity contribution >= 4 is 34.5 Å². The predicted molar refractivity (Wildman–Crippen MR) is 102 cm³/mol. The Balaban J connectivity index is 1.35. The Morgan fingerprint density at radius 1 is 1.20 bits per heavy atom. The normalized spacial score (nSPS) is 16.7. The van der Waals surface area contributed by atoms with E-state index in [0.717, 1.165) is 48.1 Å². The number of fused-ring (bicyclic) bond motifs is 1. The van der Waals surface area contributed by atoms with Gasteiger partial charge in [-0.25, -0.2) is 0 Å². The zero-order valence-corrected chi connectivity index (χ0v) is 16.2. The fourth-order valence-electron chi connectivity index (χ4n) is 3.54. The molecule has 132 valence electrons. The van der Waals surface area contributed by atoms with E-state index >= 15 is 0 Å². The van der Waals surface area contributed by atoms with E-state index < -0.39 is 0 Å². The molecular weight excluding hydrogens is 352 g/mol. The van der Waals surface area contributed by atoms with Crippen LogP contribution in [0.5, 0.6) is 0 Å². The number of thioether (sulfide) groups is 1. The summed E-state index contributed by atoms with van der Waals surface area (Å²) in [5.41, 5.74) is 3.38. The second-order valence-electron chi connectivity index (χ2n) is 6.63. The highest BCUT2D eigenvalue weighted by Crippen LogP contribution is 2.25. The molecule has 8 heteroatoms. The first-order valence-corrected chi connectivity index (χ1v) is 10.5. The van der Waals surface area contributed by atoms with E-state index in [1.54, 1.807) is 11.8 Å². The summed E-state index contributed by atoms with van der Waals surface area (Å²) in [6.07, 6.45) is 5.51. The SMILES string of the molecule is CSc1nnc(CC2CCN(Cc3cccc4nsnc34)CC2)n1C. The van der Waals surface area contributed by atoms with Crippen LogP contribution in [0.15, 0.2) is 23.4 Å². The van der Waals surface area contributed by atoms with E-state index in [4.69, 9.17) is 0 Å². The van der Waals surface area contributed by atoms with Crippen molar-refractivity contribution in [3.05, 3.63) is 29.6 Å². The van der Waals surface area contributed by atoms with Gasteiger partial charge in [0.2, 0.25) is 0 Å². The first-order valence-electron chi connectivity index (χ1n) is 8.59. The maximum absolute atomic E-state index is 4.46. The number of rotatable bonds is 5. The summed E-state index contributed by atoms with van der Waals surface area (Å²) in [6.45, 7) is 3.23. The van der Waals surface area contributed by atoms with E-state index in [2.05, 4.69) is 47.6 Å². The van der Waals surface area contributed by atoms with Gasteiger partial charge in [0.1, 0.15) is 16.9 Å². The molecule has 4 rings (SSSR count). The quantitative estimate of drug-likeness (QED) is 0.640. The lowest BCUT2D eigenvalue weighted by Gasteiger charge is -2.31. The lowest BCUT2D eigenvalue weighted by molar-refractivity contribution is 0.176. The van der Waals surface area contributed by atoms with Crippen LogP contribution in [-0.4, -0.2) is 47.8 Å². The number of benzene rings is 1. The van der Waals surface area contributed by atoms with Crippen molar-refractivity contribution in [2.24, 2.45) is 13.0 Å². The molecule has 0 aliphatic carbocycles. The summed E-state index contributed by atoms with van der Waals surface area (Å²) in [5, 5.41) is 9.61. The van der Waals surface area contributed by atoms with Crippen molar-refractivity contribution in [2.45, 2.75) is 31.0 Å². The standard InChI is InChI=1S/C17H22N6S2/c1-22-15(18-19-17(22)24-2)10-12-6-8-23(9-7-12)11-13-4-3-5-14-16(13)21-25-20-14/h3-5,12H,6-11H2,1-2H3. The van der Waals surface area contributed by atoms with Crippen LogP contribution in [0.2, 0.25) is 0 Å². The van der Waals surface area contributed by atoms with Crippen LogP contribution in [0.3, 0.4) is 0 Å².